The van der Waals surface area contributed by atoms with E-state index in [9.17, 15) is 0 Å². The van der Waals surface area contributed by atoms with E-state index >= 15 is 0 Å². The Morgan fingerprint density at radius 2 is 1.33 bits per heavy atom. The summed E-state index contributed by atoms with van der Waals surface area (Å²) in [6, 6.07) is 25.5. The monoisotopic (exact) mass is 335 g/mol. The highest BCUT2D eigenvalue weighted by Gasteiger charge is 2.02. The fourth-order valence-electron chi connectivity index (χ4n) is 2.16. The largest absolute Gasteiger partial charge is 0.326 e. The third-order valence-electron chi connectivity index (χ3n) is 3.42. The van der Waals surface area contributed by atoms with Crippen LogP contribution < -0.4 is 10.6 Å². The number of benzene rings is 3. The van der Waals surface area contributed by atoms with Gasteiger partial charge in [-0.3, -0.25) is 0 Å². The van der Waals surface area contributed by atoms with Crippen molar-refractivity contribution >= 4 is 34.6 Å². The third kappa shape index (κ3) is 4.61. The predicted molar refractivity (Wildman–Crippen MR) is 103 cm³/mol. The lowest BCUT2D eigenvalue weighted by Crippen LogP contribution is -2.21. The van der Waals surface area contributed by atoms with Gasteiger partial charge in [0.1, 0.15) is 0 Å². The topological polar surface area (TPSA) is 36.4 Å². The van der Waals surface area contributed by atoms with Crippen LogP contribution >= 0.6 is 11.6 Å². The summed E-state index contributed by atoms with van der Waals surface area (Å²) in [5.74, 6) is 0.646. The molecule has 0 amide bonds. The summed E-state index contributed by atoms with van der Waals surface area (Å²) >= 11 is 5.95. The molecule has 3 aromatic rings. The van der Waals surface area contributed by atoms with Crippen LogP contribution in [0.15, 0.2) is 83.9 Å². The lowest BCUT2D eigenvalue weighted by atomic mass is 10.2. The number of aliphatic imine (C=N–C) groups is 1. The van der Waals surface area contributed by atoms with Gasteiger partial charge in [0.25, 0.3) is 0 Å². The zero-order valence-corrected chi connectivity index (χ0v) is 14.1. The number of hydrogen-bond acceptors (Lipinski definition) is 1. The predicted octanol–water partition coefficient (Wildman–Crippen LogP) is 5.86. The first-order chi connectivity index (χ1) is 11.7. The molecule has 0 atom stereocenters. The second kappa shape index (κ2) is 7.66. The molecular weight excluding hydrogens is 318 g/mol. The molecule has 0 saturated heterocycles. The average Bonchev–Trinajstić information content (AvgIpc) is 2.60. The van der Waals surface area contributed by atoms with Crippen LogP contribution in [-0.4, -0.2) is 5.96 Å². The standard InChI is InChI=1S/C20H18ClN3/c1-15-7-11-18(12-8-15)23-20(22-17-5-3-2-4-6-17)24-19-13-9-16(21)10-14-19/h2-14H,1H3,(H2,22,23,24). The van der Waals surface area contributed by atoms with Gasteiger partial charge in [0.05, 0.1) is 5.69 Å². The van der Waals surface area contributed by atoms with E-state index in [4.69, 9.17) is 11.6 Å². The molecule has 24 heavy (non-hydrogen) atoms. The molecule has 0 fully saturated rings. The van der Waals surface area contributed by atoms with E-state index in [1.165, 1.54) is 5.56 Å². The lowest BCUT2D eigenvalue weighted by Gasteiger charge is -2.13. The Morgan fingerprint density at radius 1 is 0.750 bits per heavy atom. The van der Waals surface area contributed by atoms with Crippen LogP contribution in [0.2, 0.25) is 5.02 Å². The molecule has 3 aromatic carbocycles. The maximum Gasteiger partial charge on any atom is 0.205 e. The van der Waals surface area contributed by atoms with Gasteiger partial charge in [-0.2, -0.15) is 0 Å². The van der Waals surface area contributed by atoms with Crippen molar-refractivity contribution in [2.24, 2.45) is 4.99 Å². The summed E-state index contributed by atoms with van der Waals surface area (Å²) in [5.41, 5.74) is 3.95. The van der Waals surface area contributed by atoms with E-state index in [1.807, 2.05) is 78.9 Å². The molecule has 120 valence electrons. The number of rotatable bonds is 3. The molecule has 0 bridgehead atoms. The summed E-state index contributed by atoms with van der Waals surface area (Å²) in [5, 5.41) is 7.31. The smallest absolute Gasteiger partial charge is 0.205 e. The second-order valence-electron chi connectivity index (χ2n) is 5.42. The summed E-state index contributed by atoms with van der Waals surface area (Å²) in [4.78, 5) is 4.67. The Morgan fingerprint density at radius 3 is 1.96 bits per heavy atom. The fourth-order valence-corrected chi connectivity index (χ4v) is 2.29. The first-order valence-corrected chi connectivity index (χ1v) is 8.07. The van der Waals surface area contributed by atoms with E-state index in [0.29, 0.717) is 11.0 Å². The molecule has 0 unspecified atom stereocenters. The van der Waals surface area contributed by atoms with Gasteiger partial charge in [-0.05, 0) is 55.5 Å². The highest BCUT2D eigenvalue weighted by Crippen LogP contribution is 2.17. The van der Waals surface area contributed by atoms with Gasteiger partial charge < -0.3 is 10.6 Å². The summed E-state index contributed by atoms with van der Waals surface area (Å²) < 4.78 is 0. The highest BCUT2D eigenvalue weighted by atomic mass is 35.5. The minimum Gasteiger partial charge on any atom is -0.326 e. The molecule has 3 nitrogen and oxygen atoms in total. The zero-order valence-electron chi connectivity index (χ0n) is 13.3. The maximum atomic E-state index is 5.95. The molecule has 0 aliphatic carbocycles. The van der Waals surface area contributed by atoms with Crippen molar-refractivity contribution in [3.05, 3.63) is 89.4 Å². The zero-order chi connectivity index (χ0) is 16.8. The number of hydrogen-bond donors (Lipinski definition) is 2. The van der Waals surface area contributed by atoms with Crippen molar-refractivity contribution in [3.63, 3.8) is 0 Å². The van der Waals surface area contributed by atoms with Crippen molar-refractivity contribution in [2.75, 3.05) is 10.6 Å². The minimum atomic E-state index is 0.646. The first kappa shape index (κ1) is 16.1. The van der Waals surface area contributed by atoms with Crippen molar-refractivity contribution in [3.8, 4) is 0 Å². The van der Waals surface area contributed by atoms with Crippen molar-refractivity contribution in [1.29, 1.82) is 0 Å². The molecule has 3 rings (SSSR count). The van der Waals surface area contributed by atoms with E-state index in [1.54, 1.807) is 0 Å². The summed E-state index contributed by atoms with van der Waals surface area (Å²) in [7, 11) is 0. The van der Waals surface area contributed by atoms with Crippen molar-refractivity contribution < 1.29 is 0 Å². The molecule has 0 aliphatic heterocycles. The SMILES string of the molecule is Cc1ccc(N=C(Nc2ccccc2)Nc2ccc(Cl)cc2)cc1. The highest BCUT2D eigenvalue weighted by molar-refractivity contribution is 6.30. The van der Waals surface area contributed by atoms with Gasteiger partial charge in [0.2, 0.25) is 5.96 Å². The van der Waals surface area contributed by atoms with Gasteiger partial charge in [0, 0.05) is 16.4 Å². The number of nitrogens with one attached hydrogen (secondary N) is 2. The second-order valence-corrected chi connectivity index (χ2v) is 5.86. The first-order valence-electron chi connectivity index (χ1n) is 7.69. The van der Waals surface area contributed by atoms with E-state index in [-0.39, 0.29) is 0 Å². The van der Waals surface area contributed by atoms with Gasteiger partial charge in [0.15, 0.2) is 0 Å². The average molecular weight is 336 g/mol. The summed E-state index contributed by atoms with van der Waals surface area (Å²) in [6.45, 7) is 2.06. The molecule has 0 spiro atoms. The lowest BCUT2D eigenvalue weighted by molar-refractivity contribution is 1.41. The Hall–Kier alpha value is -2.78. The molecule has 0 radical (unpaired) electrons. The van der Waals surface area contributed by atoms with Crippen LogP contribution in [-0.2, 0) is 0 Å². The molecule has 4 heteroatoms. The number of anilines is 2. The molecule has 2 N–H and O–H groups in total. The van der Waals surface area contributed by atoms with Crippen LogP contribution in [0, 0.1) is 6.92 Å². The van der Waals surface area contributed by atoms with Gasteiger partial charge in [-0.25, -0.2) is 4.99 Å². The minimum absolute atomic E-state index is 0.646. The van der Waals surface area contributed by atoms with Crippen LogP contribution in [0.5, 0.6) is 0 Å². The van der Waals surface area contributed by atoms with Crippen LogP contribution in [0.3, 0.4) is 0 Å². The van der Waals surface area contributed by atoms with Crippen molar-refractivity contribution in [2.45, 2.75) is 6.92 Å². The molecule has 0 aromatic heterocycles. The van der Waals surface area contributed by atoms with E-state index < -0.39 is 0 Å². The Balaban J connectivity index is 1.87. The van der Waals surface area contributed by atoms with Crippen LogP contribution in [0.1, 0.15) is 5.56 Å². The molecule has 0 heterocycles. The quantitative estimate of drug-likeness (QED) is 0.464. The normalized spacial score (nSPS) is 11.2. The Labute approximate surface area is 147 Å². The van der Waals surface area contributed by atoms with Crippen LogP contribution in [0.4, 0.5) is 17.1 Å². The van der Waals surface area contributed by atoms with Gasteiger partial charge in [-0.15, -0.1) is 0 Å². The maximum absolute atomic E-state index is 5.95. The molecule has 0 aliphatic rings. The molecular formula is C20H18ClN3. The van der Waals surface area contributed by atoms with Gasteiger partial charge in [-0.1, -0.05) is 47.5 Å². The summed E-state index contributed by atoms with van der Waals surface area (Å²) in [6.07, 6.45) is 0. The van der Waals surface area contributed by atoms with E-state index in [2.05, 4.69) is 22.5 Å². The van der Waals surface area contributed by atoms with Crippen LogP contribution in [0.25, 0.3) is 0 Å². The third-order valence-corrected chi connectivity index (χ3v) is 3.67. The number of halogens is 1. The van der Waals surface area contributed by atoms with Crippen molar-refractivity contribution in [1.82, 2.24) is 0 Å². The van der Waals surface area contributed by atoms with Gasteiger partial charge >= 0.3 is 0 Å². The Bertz CT molecular complexity index is 810. The Kier molecular flexibility index (Phi) is 5.14. The molecule has 0 saturated carbocycles. The number of guanidine groups is 1. The number of aryl methyl sites for hydroxylation is 1. The number of para-hydroxylation sites is 1. The fraction of sp³-hybridized carbons (Fsp3) is 0.0500. The number of nitrogens with zero attached hydrogens (tertiary/aromatic N) is 1. The van der Waals surface area contributed by atoms with E-state index in [0.717, 1.165) is 17.1 Å².